The Bertz CT molecular complexity index is 801. The fourth-order valence-corrected chi connectivity index (χ4v) is 2.99. The van der Waals surface area contributed by atoms with Crippen LogP contribution in [0, 0.1) is 17.0 Å². The predicted molar refractivity (Wildman–Crippen MR) is 93.0 cm³/mol. The summed E-state index contributed by atoms with van der Waals surface area (Å²) in [7, 11) is 1.57. The Morgan fingerprint density at radius 2 is 1.96 bits per heavy atom. The molecule has 1 aromatic heterocycles. The van der Waals surface area contributed by atoms with Gasteiger partial charge in [0.2, 0.25) is 5.91 Å². The SMILES string of the molecule is CCOC(=O)c1sc(N(C)C(=O)Cc2ccc([N+](=O)[O-])cc2)nc1C. The molecule has 0 aliphatic carbocycles. The van der Waals surface area contributed by atoms with E-state index in [1.165, 1.54) is 17.0 Å². The van der Waals surface area contributed by atoms with Gasteiger partial charge in [-0.3, -0.25) is 19.8 Å². The molecule has 132 valence electrons. The Morgan fingerprint density at radius 1 is 1.32 bits per heavy atom. The van der Waals surface area contributed by atoms with Gasteiger partial charge in [0.25, 0.3) is 5.69 Å². The van der Waals surface area contributed by atoms with Crippen LogP contribution < -0.4 is 4.90 Å². The molecule has 2 aromatic rings. The summed E-state index contributed by atoms with van der Waals surface area (Å²) >= 11 is 1.09. The number of nitro benzene ring substituents is 1. The summed E-state index contributed by atoms with van der Waals surface area (Å²) in [4.78, 5) is 40.4. The Labute approximate surface area is 148 Å². The number of carbonyl (C=O) groups is 2. The molecule has 0 aliphatic rings. The largest absolute Gasteiger partial charge is 0.462 e. The van der Waals surface area contributed by atoms with E-state index in [4.69, 9.17) is 4.74 Å². The van der Waals surface area contributed by atoms with Crippen LogP contribution in [0.15, 0.2) is 24.3 Å². The van der Waals surface area contributed by atoms with Gasteiger partial charge >= 0.3 is 5.97 Å². The van der Waals surface area contributed by atoms with Crippen LogP contribution in [0.2, 0.25) is 0 Å². The third-order valence-electron chi connectivity index (χ3n) is 3.41. The smallest absolute Gasteiger partial charge is 0.350 e. The Kier molecular flexibility index (Phi) is 5.81. The number of amides is 1. The van der Waals surface area contributed by atoms with Crippen LogP contribution in [0.5, 0.6) is 0 Å². The summed E-state index contributed by atoms with van der Waals surface area (Å²) in [6, 6.07) is 5.80. The lowest BCUT2D eigenvalue weighted by Crippen LogP contribution is -2.27. The molecule has 1 heterocycles. The molecule has 0 fully saturated rings. The average Bonchev–Trinajstić information content (AvgIpc) is 2.96. The zero-order valence-electron chi connectivity index (χ0n) is 14.0. The van der Waals surface area contributed by atoms with Crippen molar-refractivity contribution in [2.45, 2.75) is 20.3 Å². The monoisotopic (exact) mass is 363 g/mol. The maximum atomic E-state index is 12.4. The maximum absolute atomic E-state index is 12.4. The van der Waals surface area contributed by atoms with Crippen LogP contribution in [-0.2, 0) is 16.0 Å². The molecule has 25 heavy (non-hydrogen) atoms. The van der Waals surface area contributed by atoms with E-state index in [1.807, 2.05) is 0 Å². The summed E-state index contributed by atoms with van der Waals surface area (Å²) in [6.45, 7) is 3.66. The highest BCUT2D eigenvalue weighted by molar-refractivity contribution is 7.17. The highest BCUT2D eigenvalue weighted by Crippen LogP contribution is 2.26. The van der Waals surface area contributed by atoms with Crippen LogP contribution in [0.1, 0.15) is 27.9 Å². The standard InChI is InChI=1S/C16H17N3O5S/c1-4-24-15(21)14-10(2)17-16(25-14)18(3)13(20)9-11-5-7-12(8-6-11)19(22)23/h5-8H,4,9H2,1-3H3. The first-order chi connectivity index (χ1) is 11.8. The van der Waals surface area contributed by atoms with Gasteiger partial charge in [-0.05, 0) is 19.4 Å². The number of benzene rings is 1. The minimum absolute atomic E-state index is 0.0285. The molecule has 0 unspecified atom stereocenters. The molecule has 9 heteroatoms. The first-order valence-electron chi connectivity index (χ1n) is 7.48. The summed E-state index contributed by atoms with van der Waals surface area (Å²) in [5.41, 5.74) is 1.13. The molecule has 0 radical (unpaired) electrons. The van der Waals surface area contributed by atoms with Crippen molar-refractivity contribution in [1.29, 1.82) is 0 Å². The van der Waals surface area contributed by atoms with Gasteiger partial charge < -0.3 is 4.74 Å². The van der Waals surface area contributed by atoms with E-state index in [-0.39, 0.29) is 24.6 Å². The Balaban J connectivity index is 2.10. The maximum Gasteiger partial charge on any atom is 0.350 e. The number of anilines is 1. The van der Waals surface area contributed by atoms with E-state index in [0.717, 1.165) is 11.3 Å². The van der Waals surface area contributed by atoms with Crippen molar-refractivity contribution in [3.63, 3.8) is 0 Å². The molecular weight excluding hydrogens is 346 g/mol. The summed E-state index contributed by atoms with van der Waals surface area (Å²) in [5, 5.41) is 11.0. The molecule has 2 rings (SSSR count). The van der Waals surface area contributed by atoms with Crippen LogP contribution in [0.4, 0.5) is 10.8 Å². The number of esters is 1. The lowest BCUT2D eigenvalue weighted by atomic mass is 10.1. The average molecular weight is 363 g/mol. The van der Waals surface area contributed by atoms with Crippen molar-refractivity contribution in [1.82, 2.24) is 4.98 Å². The van der Waals surface area contributed by atoms with Crippen LogP contribution in [0.3, 0.4) is 0 Å². The fraction of sp³-hybridized carbons (Fsp3) is 0.312. The molecule has 0 atom stereocenters. The summed E-state index contributed by atoms with van der Waals surface area (Å²) in [5.74, 6) is -0.696. The quantitative estimate of drug-likeness (QED) is 0.444. The number of hydrogen-bond acceptors (Lipinski definition) is 7. The number of aromatic nitrogens is 1. The third kappa shape index (κ3) is 4.38. The number of ether oxygens (including phenoxy) is 1. The van der Waals surface area contributed by atoms with Crippen molar-refractivity contribution >= 4 is 34.0 Å². The van der Waals surface area contributed by atoms with Gasteiger partial charge in [-0.25, -0.2) is 9.78 Å². The number of carbonyl (C=O) groups excluding carboxylic acids is 2. The lowest BCUT2D eigenvalue weighted by molar-refractivity contribution is -0.384. The van der Waals surface area contributed by atoms with Crippen molar-refractivity contribution in [3.8, 4) is 0 Å². The molecule has 0 saturated heterocycles. The molecular formula is C16H17N3O5S. The van der Waals surface area contributed by atoms with Crippen LogP contribution >= 0.6 is 11.3 Å². The molecule has 0 saturated carbocycles. The normalized spacial score (nSPS) is 10.4. The Hall–Kier alpha value is -2.81. The van der Waals surface area contributed by atoms with E-state index in [9.17, 15) is 19.7 Å². The molecule has 0 spiro atoms. The number of nitro groups is 1. The number of likely N-dealkylation sites (N-methyl/N-ethyl adjacent to an activating group) is 1. The highest BCUT2D eigenvalue weighted by atomic mass is 32.1. The van der Waals surface area contributed by atoms with Gasteiger partial charge in [-0.1, -0.05) is 23.5 Å². The van der Waals surface area contributed by atoms with E-state index in [1.54, 1.807) is 33.0 Å². The predicted octanol–water partition coefficient (Wildman–Crippen LogP) is 2.74. The zero-order valence-corrected chi connectivity index (χ0v) is 14.8. The first-order valence-corrected chi connectivity index (χ1v) is 8.29. The van der Waals surface area contributed by atoms with Gasteiger partial charge in [-0.15, -0.1) is 0 Å². The molecule has 0 N–H and O–H groups in total. The second-order valence-corrected chi connectivity index (χ2v) is 6.16. The molecule has 0 bridgehead atoms. The molecule has 8 nitrogen and oxygen atoms in total. The van der Waals surface area contributed by atoms with Crippen molar-refractivity contribution < 1.29 is 19.2 Å². The van der Waals surface area contributed by atoms with Gasteiger partial charge in [0.1, 0.15) is 4.88 Å². The molecule has 0 aliphatic heterocycles. The topological polar surface area (TPSA) is 103 Å². The number of rotatable bonds is 6. The van der Waals surface area contributed by atoms with Crippen molar-refractivity contribution in [2.75, 3.05) is 18.6 Å². The van der Waals surface area contributed by atoms with Crippen LogP contribution in [0.25, 0.3) is 0 Å². The lowest BCUT2D eigenvalue weighted by Gasteiger charge is -2.13. The third-order valence-corrected chi connectivity index (χ3v) is 4.62. The number of thiazole rings is 1. The highest BCUT2D eigenvalue weighted by Gasteiger charge is 2.21. The van der Waals surface area contributed by atoms with Crippen molar-refractivity contribution in [2.24, 2.45) is 0 Å². The number of hydrogen-bond donors (Lipinski definition) is 0. The first kappa shape index (κ1) is 18.5. The molecule has 1 amide bonds. The van der Waals surface area contributed by atoms with E-state index in [0.29, 0.717) is 21.3 Å². The fourth-order valence-electron chi connectivity index (χ4n) is 2.05. The number of nitrogens with zero attached hydrogens (tertiary/aromatic N) is 3. The van der Waals surface area contributed by atoms with Gasteiger partial charge in [0.05, 0.1) is 23.6 Å². The van der Waals surface area contributed by atoms with Crippen molar-refractivity contribution in [3.05, 3.63) is 50.5 Å². The van der Waals surface area contributed by atoms with E-state index >= 15 is 0 Å². The molecule has 1 aromatic carbocycles. The second-order valence-electron chi connectivity index (χ2n) is 5.18. The van der Waals surface area contributed by atoms with E-state index in [2.05, 4.69) is 4.98 Å². The van der Waals surface area contributed by atoms with Crippen LogP contribution in [-0.4, -0.2) is 35.4 Å². The summed E-state index contributed by atoms with van der Waals surface area (Å²) < 4.78 is 4.96. The van der Waals surface area contributed by atoms with Gasteiger partial charge in [-0.2, -0.15) is 0 Å². The minimum Gasteiger partial charge on any atom is -0.462 e. The Morgan fingerprint density at radius 3 is 2.52 bits per heavy atom. The summed E-state index contributed by atoms with van der Waals surface area (Å²) in [6.07, 6.45) is 0.0713. The van der Waals surface area contributed by atoms with Gasteiger partial charge in [0, 0.05) is 19.2 Å². The second kappa shape index (κ2) is 7.84. The zero-order chi connectivity index (χ0) is 18.6. The van der Waals surface area contributed by atoms with Gasteiger partial charge in [0.15, 0.2) is 5.13 Å². The minimum atomic E-state index is -0.493. The number of aryl methyl sites for hydroxylation is 1. The number of non-ortho nitro benzene ring substituents is 1. The van der Waals surface area contributed by atoms with E-state index < -0.39 is 10.9 Å².